The van der Waals surface area contributed by atoms with Crippen molar-refractivity contribution in [1.29, 1.82) is 0 Å². The Morgan fingerprint density at radius 2 is 1.83 bits per heavy atom. The van der Waals surface area contributed by atoms with Crippen LogP contribution in [0.1, 0.15) is 38.3 Å². The lowest BCUT2D eigenvalue weighted by molar-refractivity contribution is -0.144. The van der Waals surface area contributed by atoms with Crippen molar-refractivity contribution in [3.05, 3.63) is 52.6 Å². The maximum atomic E-state index is 12.3. The van der Waals surface area contributed by atoms with Crippen LogP contribution in [0.2, 0.25) is 0 Å². The van der Waals surface area contributed by atoms with E-state index in [1.807, 2.05) is 13.0 Å². The van der Waals surface area contributed by atoms with Crippen LogP contribution in [-0.2, 0) is 16.0 Å². The molecule has 2 amide bonds. The Labute approximate surface area is 173 Å². The fraction of sp³-hybridized carbons (Fsp3) is 0.318. The molecule has 4 rings (SSSR count). The van der Waals surface area contributed by atoms with Gasteiger partial charge in [-0.25, -0.2) is 0 Å². The van der Waals surface area contributed by atoms with Crippen LogP contribution in [0.5, 0.6) is 17.2 Å². The smallest absolute Gasteiger partial charge is 0.326 e. The van der Waals surface area contributed by atoms with E-state index >= 15 is 0 Å². The summed E-state index contributed by atoms with van der Waals surface area (Å²) in [5.41, 5.74) is 2.40. The Kier molecular flexibility index (Phi) is 5.31. The van der Waals surface area contributed by atoms with Crippen molar-refractivity contribution < 1.29 is 33.3 Å². The number of methoxy groups -OCH3 is 1. The molecule has 0 aliphatic carbocycles. The van der Waals surface area contributed by atoms with Gasteiger partial charge in [0.2, 0.25) is 6.79 Å². The van der Waals surface area contributed by atoms with Crippen molar-refractivity contribution in [1.82, 2.24) is 4.90 Å². The number of nitrogens with zero attached hydrogens (tertiary/aromatic N) is 1. The minimum absolute atomic E-state index is 0.151. The van der Waals surface area contributed by atoms with E-state index in [4.69, 9.17) is 18.9 Å². The van der Waals surface area contributed by atoms with Gasteiger partial charge in [-0.1, -0.05) is 12.1 Å². The zero-order valence-corrected chi connectivity index (χ0v) is 16.7. The topological polar surface area (TPSA) is 91.4 Å². The fourth-order valence-electron chi connectivity index (χ4n) is 3.73. The fourth-order valence-corrected chi connectivity index (χ4v) is 3.73. The van der Waals surface area contributed by atoms with Crippen molar-refractivity contribution in [2.75, 3.05) is 27.1 Å². The van der Waals surface area contributed by atoms with Crippen LogP contribution in [0.15, 0.2) is 30.3 Å². The number of hydrogen-bond acceptors (Lipinski definition) is 7. The summed E-state index contributed by atoms with van der Waals surface area (Å²) >= 11 is 0. The summed E-state index contributed by atoms with van der Waals surface area (Å²) in [6, 6.07) is 8.37. The summed E-state index contributed by atoms with van der Waals surface area (Å²) in [6.45, 7) is 1.83. The molecule has 0 saturated heterocycles. The van der Waals surface area contributed by atoms with Crippen molar-refractivity contribution in [3.8, 4) is 17.2 Å². The summed E-state index contributed by atoms with van der Waals surface area (Å²) in [5.74, 6) is 0.491. The molecule has 0 spiro atoms. The molecule has 156 valence electrons. The van der Waals surface area contributed by atoms with Crippen molar-refractivity contribution in [2.24, 2.45) is 0 Å². The third-order valence-electron chi connectivity index (χ3n) is 5.14. The molecule has 0 bridgehead atoms. The number of esters is 1. The first kappa shape index (κ1) is 19.8. The van der Waals surface area contributed by atoms with Crippen molar-refractivity contribution >= 4 is 17.8 Å². The molecule has 0 saturated carbocycles. The lowest BCUT2D eigenvalue weighted by atomic mass is 10.0. The summed E-state index contributed by atoms with van der Waals surface area (Å²) in [7, 11) is 1.59. The van der Waals surface area contributed by atoms with Crippen LogP contribution in [0.3, 0.4) is 0 Å². The van der Waals surface area contributed by atoms with Gasteiger partial charge in [-0.15, -0.1) is 0 Å². The van der Waals surface area contributed by atoms with Crippen LogP contribution in [0, 0.1) is 6.92 Å². The number of ether oxygens (including phenoxy) is 4. The molecule has 0 N–H and O–H groups in total. The molecule has 8 heteroatoms. The van der Waals surface area contributed by atoms with Crippen molar-refractivity contribution in [3.63, 3.8) is 0 Å². The highest BCUT2D eigenvalue weighted by Crippen LogP contribution is 2.43. The van der Waals surface area contributed by atoms with E-state index in [0.717, 1.165) is 21.8 Å². The molecule has 0 fully saturated rings. The van der Waals surface area contributed by atoms with Gasteiger partial charge in [0, 0.05) is 5.56 Å². The van der Waals surface area contributed by atoms with Gasteiger partial charge < -0.3 is 18.9 Å². The quantitative estimate of drug-likeness (QED) is 0.393. The lowest BCUT2D eigenvalue weighted by Gasteiger charge is -2.14. The number of imide groups is 1. The summed E-state index contributed by atoms with van der Waals surface area (Å²) in [4.78, 5) is 37.7. The number of hydrogen-bond donors (Lipinski definition) is 0. The van der Waals surface area contributed by atoms with Gasteiger partial charge in [-0.2, -0.15) is 0 Å². The highest BCUT2D eigenvalue weighted by atomic mass is 16.7. The first-order valence-corrected chi connectivity index (χ1v) is 9.58. The molecule has 0 atom stereocenters. The SMILES string of the molecule is COc1c(CCCOC(=O)CN2C(=O)c3ccccc3C2=O)cc2c(c1C)OCO2. The number of amides is 2. The molecular weight excluding hydrogens is 390 g/mol. The molecular formula is C22H21NO7. The third kappa shape index (κ3) is 3.45. The Morgan fingerprint density at radius 3 is 2.50 bits per heavy atom. The first-order chi connectivity index (χ1) is 14.5. The Morgan fingerprint density at radius 1 is 1.13 bits per heavy atom. The first-order valence-electron chi connectivity index (χ1n) is 9.58. The Bertz CT molecular complexity index is 995. The van der Waals surface area contributed by atoms with Gasteiger partial charge >= 0.3 is 5.97 Å². The second kappa shape index (κ2) is 8.06. The van der Waals surface area contributed by atoms with Gasteiger partial charge in [-0.3, -0.25) is 19.3 Å². The molecule has 2 aromatic carbocycles. The molecule has 2 heterocycles. The number of benzene rings is 2. The van der Waals surface area contributed by atoms with E-state index in [9.17, 15) is 14.4 Å². The van der Waals surface area contributed by atoms with E-state index in [-0.39, 0.29) is 13.4 Å². The highest BCUT2D eigenvalue weighted by molar-refractivity contribution is 6.22. The largest absolute Gasteiger partial charge is 0.496 e. The van der Waals surface area contributed by atoms with E-state index < -0.39 is 24.3 Å². The summed E-state index contributed by atoms with van der Waals surface area (Å²) in [6.07, 6.45) is 1.14. The van der Waals surface area contributed by atoms with E-state index in [1.54, 1.807) is 31.4 Å². The van der Waals surface area contributed by atoms with E-state index in [0.29, 0.717) is 35.5 Å². The van der Waals surface area contributed by atoms with Crippen molar-refractivity contribution in [2.45, 2.75) is 19.8 Å². The number of rotatable bonds is 7. The van der Waals surface area contributed by atoms with Crippen LogP contribution in [0.4, 0.5) is 0 Å². The minimum Gasteiger partial charge on any atom is -0.496 e. The maximum Gasteiger partial charge on any atom is 0.326 e. The van der Waals surface area contributed by atoms with Crippen LogP contribution >= 0.6 is 0 Å². The zero-order chi connectivity index (χ0) is 21.3. The van der Waals surface area contributed by atoms with E-state index in [1.165, 1.54) is 0 Å². The third-order valence-corrected chi connectivity index (χ3v) is 5.14. The number of fused-ring (bicyclic) bond motifs is 2. The molecule has 0 radical (unpaired) electrons. The zero-order valence-electron chi connectivity index (χ0n) is 16.7. The molecule has 8 nitrogen and oxygen atoms in total. The number of carbonyl (C=O) groups is 3. The average molecular weight is 411 g/mol. The maximum absolute atomic E-state index is 12.3. The second-order valence-electron chi connectivity index (χ2n) is 6.99. The number of aryl methyl sites for hydroxylation is 1. The summed E-state index contributed by atoms with van der Waals surface area (Å²) in [5, 5.41) is 0. The van der Waals surface area contributed by atoms with E-state index in [2.05, 4.69) is 0 Å². The predicted octanol–water partition coefficient (Wildman–Crippen LogP) is 2.50. The standard InChI is InChI=1S/C22H21NO7/c1-13-19(27-2)14(10-17-20(13)30-12-29-17)6-5-9-28-18(24)11-23-21(25)15-7-3-4-8-16(15)22(23)26/h3-4,7-8,10H,5-6,9,11-12H2,1-2H3. The lowest BCUT2D eigenvalue weighted by Crippen LogP contribution is -2.35. The molecule has 30 heavy (non-hydrogen) atoms. The van der Waals surface area contributed by atoms with Gasteiger partial charge in [0.25, 0.3) is 11.8 Å². The number of carbonyl (C=O) groups excluding carboxylic acids is 3. The molecule has 2 aliphatic heterocycles. The predicted molar refractivity (Wildman–Crippen MR) is 105 cm³/mol. The summed E-state index contributed by atoms with van der Waals surface area (Å²) < 4.78 is 21.6. The normalized spacial score (nSPS) is 14.1. The van der Waals surface area contributed by atoms with Crippen LogP contribution in [0.25, 0.3) is 0 Å². The van der Waals surface area contributed by atoms with Gasteiger partial charge in [0.1, 0.15) is 12.3 Å². The van der Waals surface area contributed by atoms with Crippen LogP contribution < -0.4 is 14.2 Å². The minimum atomic E-state index is -0.627. The molecule has 0 unspecified atom stereocenters. The molecule has 2 aromatic rings. The second-order valence-corrected chi connectivity index (χ2v) is 6.99. The Hall–Kier alpha value is -3.55. The monoisotopic (exact) mass is 411 g/mol. The highest BCUT2D eigenvalue weighted by Gasteiger charge is 2.36. The van der Waals surface area contributed by atoms with Gasteiger partial charge in [0.15, 0.2) is 11.5 Å². The average Bonchev–Trinajstić information content (AvgIpc) is 3.31. The molecule has 0 aromatic heterocycles. The van der Waals surface area contributed by atoms with Crippen LogP contribution in [-0.4, -0.2) is 49.7 Å². The van der Waals surface area contributed by atoms with Gasteiger partial charge in [-0.05, 0) is 43.5 Å². The Balaban J connectivity index is 1.31. The van der Waals surface area contributed by atoms with Gasteiger partial charge in [0.05, 0.1) is 24.8 Å². The molecule has 2 aliphatic rings.